The number of carbonyl (C=O) groups is 1. The minimum atomic E-state index is -0.990. The average Bonchev–Trinajstić information content (AvgIpc) is 2.55. The molecule has 0 amide bonds. The third kappa shape index (κ3) is 3.04. The van der Waals surface area contributed by atoms with Gasteiger partial charge in [-0.15, -0.1) is 0 Å². The Balaban J connectivity index is 1.79. The summed E-state index contributed by atoms with van der Waals surface area (Å²) in [6, 6.07) is 12.7. The van der Waals surface area contributed by atoms with Crippen molar-refractivity contribution in [2.75, 3.05) is 13.2 Å². The minimum absolute atomic E-state index is 0.316. The Morgan fingerprint density at radius 3 is 2.36 bits per heavy atom. The molecule has 0 bridgehead atoms. The van der Waals surface area contributed by atoms with Gasteiger partial charge in [0.25, 0.3) is 0 Å². The molecule has 5 nitrogen and oxygen atoms in total. The van der Waals surface area contributed by atoms with E-state index in [1.54, 1.807) is 0 Å². The molecule has 0 saturated heterocycles. The van der Waals surface area contributed by atoms with Crippen LogP contribution in [0.5, 0.6) is 11.5 Å². The number of rotatable bonds is 4. The van der Waals surface area contributed by atoms with Crippen molar-refractivity contribution >= 4 is 5.97 Å². The number of carboxylic acids is 1. The van der Waals surface area contributed by atoms with Gasteiger partial charge in [-0.05, 0) is 35.2 Å². The van der Waals surface area contributed by atoms with Crippen molar-refractivity contribution in [3.63, 3.8) is 0 Å². The molecule has 2 aromatic carbocycles. The first kappa shape index (κ1) is 14.4. The second kappa shape index (κ2) is 6.07. The second-order valence-electron chi connectivity index (χ2n) is 5.20. The molecule has 1 atom stereocenters. The van der Waals surface area contributed by atoms with Crippen LogP contribution < -0.4 is 15.2 Å². The highest BCUT2D eigenvalue weighted by Crippen LogP contribution is 2.34. The van der Waals surface area contributed by atoms with Gasteiger partial charge in [0.15, 0.2) is 11.5 Å². The van der Waals surface area contributed by atoms with Gasteiger partial charge in [-0.3, -0.25) is 4.79 Å². The van der Waals surface area contributed by atoms with E-state index < -0.39 is 12.0 Å². The SMILES string of the molecule is N[C@@H](Cc1ccc(-c2ccc3c(c2)OCCO3)cc1)C(=O)O. The van der Waals surface area contributed by atoms with E-state index in [2.05, 4.69) is 0 Å². The summed E-state index contributed by atoms with van der Waals surface area (Å²) in [6.07, 6.45) is 0.316. The molecule has 1 aliphatic rings. The largest absolute Gasteiger partial charge is 0.486 e. The average molecular weight is 299 g/mol. The lowest BCUT2D eigenvalue weighted by molar-refractivity contribution is -0.138. The van der Waals surface area contributed by atoms with Crippen molar-refractivity contribution in [1.29, 1.82) is 0 Å². The molecule has 22 heavy (non-hydrogen) atoms. The van der Waals surface area contributed by atoms with Crippen LogP contribution in [0.25, 0.3) is 11.1 Å². The number of hydrogen-bond acceptors (Lipinski definition) is 4. The minimum Gasteiger partial charge on any atom is -0.486 e. The van der Waals surface area contributed by atoms with Crippen LogP contribution in [-0.2, 0) is 11.2 Å². The fourth-order valence-electron chi connectivity index (χ4n) is 2.40. The fraction of sp³-hybridized carbons (Fsp3) is 0.235. The predicted molar refractivity (Wildman–Crippen MR) is 82.2 cm³/mol. The fourth-order valence-corrected chi connectivity index (χ4v) is 2.40. The Hall–Kier alpha value is -2.53. The van der Waals surface area contributed by atoms with Gasteiger partial charge >= 0.3 is 5.97 Å². The molecule has 0 aromatic heterocycles. The highest BCUT2D eigenvalue weighted by Gasteiger charge is 2.14. The lowest BCUT2D eigenvalue weighted by Crippen LogP contribution is -2.32. The molecule has 0 aliphatic carbocycles. The van der Waals surface area contributed by atoms with Gasteiger partial charge in [0.05, 0.1) is 0 Å². The maximum atomic E-state index is 10.8. The quantitative estimate of drug-likeness (QED) is 0.903. The molecule has 1 heterocycles. The van der Waals surface area contributed by atoms with E-state index in [0.29, 0.717) is 19.6 Å². The summed E-state index contributed by atoms with van der Waals surface area (Å²) in [4.78, 5) is 10.8. The molecule has 0 fully saturated rings. The Morgan fingerprint density at radius 2 is 1.68 bits per heavy atom. The molecule has 0 radical (unpaired) electrons. The number of aliphatic carboxylic acids is 1. The molecule has 0 saturated carbocycles. The van der Waals surface area contributed by atoms with Gasteiger partial charge in [0.1, 0.15) is 19.3 Å². The maximum absolute atomic E-state index is 10.8. The van der Waals surface area contributed by atoms with E-state index >= 15 is 0 Å². The Labute approximate surface area is 128 Å². The highest BCUT2D eigenvalue weighted by molar-refractivity contribution is 5.73. The lowest BCUT2D eigenvalue weighted by atomic mass is 10.0. The summed E-state index contributed by atoms with van der Waals surface area (Å²) < 4.78 is 11.1. The molecule has 1 aliphatic heterocycles. The van der Waals surface area contributed by atoms with Crippen LogP contribution in [0.4, 0.5) is 0 Å². The van der Waals surface area contributed by atoms with E-state index in [1.807, 2.05) is 42.5 Å². The summed E-state index contributed by atoms with van der Waals surface area (Å²) in [5, 5.41) is 8.84. The normalized spacial score (nSPS) is 14.4. The standard InChI is InChI=1S/C17H17NO4/c18-14(17(19)20)9-11-1-3-12(4-2-11)13-5-6-15-16(10-13)22-8-7-21-15/h1-6,10,14H,7-9,18H2,(H,19,20)/t14-/m0/s1. The van der Waals surface area contributed by atoms with Gasteiger partial charge in [-0.2, -0.15) is 0 Å². The Kier molecular flexibility index (Phi) is 3.98. The van der Waals surface area contributed by atoms with Crippen molar-refractivity contribution < 1.29 is 19.4 Å². The Bertz CT molecular complexity index is 682. The van der Waals surface area contributed by atoms with E-state index in [0.717, 1.165) is 28.2 Å². The maximum Gasteiger partial charge on any atom is 0.320 e. The van der Waals surface area contributed by atoms with Crippen molar-refractivity contribution in [3.8, 4) is 22.6 Å². The number of hydrogen-bond donors (Lipinski definition) is 2. The zero-order valence-corrected chi connectivity index (χ0v) is 12.0. The number of nitrogens with two attached hydrogens (primary N) is 1. The smallest absolute Gasteiger partial charge is 0.320 e. The zero-order valence-electron chi connectivity index (χ0n) is 12.0. The number of benzene rings is 2. The first-order chi connectivity index (χ1) is 10.6. The van der Waals surface area contributed by atoms with Crippen LogP contribution in [-0.4, -0.2) is 30.3 Å². The molecular formula is C17H17NO4. The van der Waals surface area contributed by atoms with E-state index in [9.17, 15) is 4.79 Å². The van der Waals surface area contributed by atoms with Gasteiger partial charge in [-0.1, -0.05) is 30.3 Å². The third-order valence-electron chi connectivity index (χ3n) is 3.60. The highest BCUT2D eigenvalue weighted by atomic mass is 16.6. The number of fused-ring (bicyclic) bond motifs is 1. The molecule has 5 heteroatoms. The first-order valence-corrected chi connectivity index (χ1v) is 7.11. The van der Waals surface area contributed by atoms with Gasteiger partial charge in [-0.25, -0.2) is 0 Å². The van der Waals surface area contributed by atoms with Crippen molar-refractivity contribution in [1.82, 2.24) is 0 Å². The van der Waals surface area contributed by atoms with Crippen molar-refractivity contribution in [2.45, 2.75) is 12.5 Å². The van der Waals surface area contributed by atoms with Crippen LogP contribution in [0.3, 0.4) is 0 Å². The third-order valence-corrected chi connectivity index (χ3v) is 3.60. The van der Waals surface area contributed by atoms with Gasteiger partial charge in [0.2, 0.25) is 0 Å². The van der Waals surface area contributed by atoms with E-state index in [4.69, 9.17) is 20.3 Å². The number of carboxylic acid groups (broad SMARTS) is 1. The molecular weight excluding hydrogens is 282 g/mol. The predicted octanol–water partition coefficient (Wildman–Crippen LogP) is 2.08. The molecule has 3 N–H and O–H groups in total. The van der Waals surface area contributed by atoms with Crippen LogP contribution in [0.15, 0.2) is 42.5 Å². The van der Waals surface area contributed by atoms with Gasteiger partial charge < -0.3 is 20.3 Å². The molecule has 3 rings (SSSR count). The summed E-state index contributed by atoms with van der Waals surface area (Å²) in [5.41, 5.74) is 8.50. The molecule has 2 aromatic rings. The summed E-state index contributed by atoms with van der Waals surface area (Å²) >= 11 is 0. The van der Waals surface area contributed by atoms with Crippen LogP contribution >= 0.6 is 0 Å². The molecule has 0 unspecified atom stereocenters. The summed E-state index contributed by atoms with van der Waals surface area (Å²) in [5.74, 6) is 0.524. The van der Waals surface area contributed by atoms with E-state index in [-0.39, 0.29) is 0 Å². The van der Waals surface area contributed by atoms with Crippen LogP contribution in [0, 0.1) is 0 Å². The van der Waals surface area contributed by atoms with Crippen LogP contribution in [0.2, 0.25) is 0 Å². The molecule has 0 spiro atoms. The zero-order chi connectivity index (χ0) is 15.5. The van der Waals surface area contributed by atoms with Crippen LogP contribution in [0.1, 0.15) is 5.56 Å². The lowest BCUT2D eigenvalue weighted by Gasteiger charge is -2.19. The monoisotopic (exact) mass is 299 g/mol. The van der Waals surface area contributed by atoms with Crippen molar-refractivity contribution in [2.24, 2.45) is 5.73 Å². The van der Waals surface area contributed by atoms with Crippen molar-refractivity contribution in [3.05, 3.63) is 48.0 Å². The van der Waals surface area contributed by atoms with Gasteiger partial charge in [0, 0.05) is 0 Å². The number of ether oxygens (including phenoxy) is 2. The second-order valence-corrected chi connectivity index (χ2v) is 5.20. The summed E-state index contributed by atoms with van der Waals surface area (Å²) in [6.45, 7) is 1.13. The molecule has 114 valence electrons. The Morgan fingerprint density at radius 1 is 1.05 bits per heavy atom. The van der Waals surface area contributed by atoms with E-state index in [1.165, 1.54) is 0 Å². The summed E-state index contributed by atoms with van der Waals surface area (Å²) in [7, 11) is 0. The topological polar surface area (TPSA) is 81.8 Å². The first-order valence-electron chi connectivity index (χ1n) is 7.11.